The molecule has 0 aromatic heterocycles. The highest BCUT2D eigenvalue weighted by Crippen LogP contribution is 2.16. The lowest BCUT2D eigenvalue weighted by atomic mass is 10.2. The standard InChI is InChI=1S/C12H17N3O3/c1-9(2)14-12(16)6-7-13-10-4-3-5-11(8-10)15(17)18/h3-5,8-9,13H,6-7H2,1-2H3,(H,14,16). The molecule has 0 heterocycles. The second-order valence-electron chi connectivity index (χ2n) is 4.21. The molecule has 0 unspecified atom stereocenters. The SMILES string of the molecule is CC(C)NC(=O)CCNc1cccc([N+](=O)[O-])c1. The molecule has 0 aliphatic heterocycles. The van der Waals surface area contributed by atoms with Crippen molar-refractivity contribution < 1.29 is 9.72 Å². The van der Waals surface area contributed by atoms with Crippen molar-refractivity contribution in [2.45, 2.75) is 26.3 Å². The maximum Gasteiger partial charge on any atom is 0.271 e. The van der Waals surface area contributed by atoms with Crippen LogP contribution in [-0.2, 0) is 4.79 Å². The van der Waals surface area contributed by atoms with Gasteiger partial charge in [0.2, 0.25) is 5.91 Å². The summed E-state index contributed by atoms with van der Waals surface area (Å²) in [6.45, 7) is 4.23. The summed E-state index contributed by atoms with van der Waals surface area (Å²) in [4.78, 5) is 21.5. The third kappa shape index (κ3) is 4.82. The van der Waals surface area contributed by atoms with E-state index in [4.69, 9.17) is 0 Å². The van der Waals surface area contributed by atoms with Gasteiger partial charge in [0, 0.05) is 36.8 Å². The zero-order chi connectivity index (χ0) is 13.5. The Morgan fingerprint density at radius 3 is 2.78 bits per heavy atom. The number of hydrogen-bond donors (Lipinski definition) is 2. The number of nitrogens with zero attached hydrogens (tertiary/aromatic N) is 1. The minimum absolute atomic E-state index is 0.0339. The molecule has 0 saturated carbocycles. The van der Waals surface area contributed by atoms with E-state index >= 15 is 0 Å². The zero-order valence-electron chi connectivity index (χ0n) is 10.5. The Morgan fingerprint density at radius 2 is 2.17 bits per heavy atom. The summed E-state index contributed by atoms with van der Waals surface area (Å²) in [5, 5.41) is 16.3. The van der Waals surface area contributed by atoms with Crippen molar-refractivity contribution in [3.63, 3.8) is 0 Å². The van der Waals surface area contributed by atoms with Crippen LogP contribution in [-0.4, -0.2) is 23.4 Å². The van der Waals surface area contributed by atoms with E-state index in [1.807, 2.05) is 13.8 Å². The smallest absolute Gasteiger partial charge is 0.271 e. The number of non-ortho nitro benzene ring substituents is 1. The van der Waals surface area contributed by atoms with E-state index in [9.17, 15) is 14.9 Å². The molecule has 2 N–H and O–H groups in total. The van der Waals surface area contributed by atoms with Gasteiger partial charge in [0.25, 0.3) is 5.69 Å². The summed E-state index contributed by atoms with van der Waals surface area (Å²) in [6, 6.07) is 6.33. The molecule has 0 bridgehead atoms. The highest BCUT2D eigenvalue weighted by Gasteiger charge is 2.06. The third-order valence-corrected chi connectivity index (χ3v) is 2.19. The van der Waals surface area contributed by atoms with Crippen molar-refractivity contribution in [1.29, 1.82) is 0 Å². The lowest BCUT2D eigenvalue weighted by Crippen LogP contribution is -2.31. The normalized spacial score (nSPS) is 10.2. The molecule has 98 valence electrons. The quantitative estimate of drug-likeness (QED) is 0.597. The van der Waals surface area contributed by atoms with Crippen molar-refractivity contribution in [2.75, 3.05) is 11.9 Å². The van der Waals surface area contributed by atoms with Crippen LogP contribution in [0.5, 0.6) is 0 Å². The summed E-state index contributed by atoms with van der Waals surface area (Å²) >= 11 is 0. The fraction of sp³-hybridized carbons (Fsp3) is 0.417. The Kier molecular flexibility index (Phi) is 5.10. The molecular formula is C12H17N3O3. The summed E-state index contributed by atoms with van der Waals surface area (Å²) in [5.41, 5.74) is 0.674. The molecule has 1 rings (SSSR count). The lowest BCUT2D eigenvalue weighted by molar-refractivity contribution is -0.384. The maximum atomic E-state index is 11.4. The van der Waals surface area contributed by atoms with Crippen LogP contribution in [0.3, 0.4) is 0 Å². The number of rotatable bonds is 6. The van der Waals surface area contributed by atoms with Gasteiger partial charge in [-0.15, -0.1) is 0 Å². The Labute approximate surface area is 106 Å². The van der Waals surface area contributed by atoms with Crippen LogP contribution in [0.2, 0.25) is 0 Å². The van der Waals surface area contributed by atoms with E-state index in [2.05, 4.69) is 10.6 Å². The molecule has 1 aromatic rings. The van der Waals surface area contributed by atoms with Crippen molar-refractivity contribution in [3.8, 4) is 0 Å². The van der Waals surface area contributed by atoms with Crippen molar-refractivity contribution in [3.05, 3.63) is 34.4 Å². The number of nitro benzene ring substituents is 1. The molecule has 0 saturated heterocycles. The molecule has 1 aromatic carbocycles. The fourth-order valence-corrected chi connectivity index (χ4v) is 1.44. The minimum atomic E-state index is -0.448. The second-order valence-corrected chi connectivity index (χ2v) is 4.21. The van der Waals surface area contributed by atoms with E-state index in [-0.39, 0.29) is 17.6 Å². The Bertz CT molecular complexity index is 432. The van der Waals surface area contributed by atoms with E-state index in [1.54, 1.807) is 12.1 Å². The van der Waals surface area contributed by atoms with Gasteiger partial charge < -0.3 is 10.6 Å². The lowest BCUT2D eigenvalue weighted by Gasteiger charge is -2.09. The van der Waals surface area contributed by atoms with Gasteiger partial charge in [-0.2, -0.15) is 0 Å². The summed E-state index contributed by atoms with van der Waals surface area (Å²) in [6.07, 6.45) is 0.334. The molecule has 0 spiro atoms. The molecule has 1 amide bonds. The highest BCUT2D eigenvalue weighted by molar-refractivity contribution is 5.76. The number of hydrogen-bond acceptors (Lipinski definition) is 4. The predicted molar refractivity (Wildman–Crippen MR) is 69.5 cm³/mol. The van der Waals surface area contributed by atoms with Crippen LogP contribution < -0.4 is 10.6 Å². The topological polar surface area (TPSA) is 84.3 Å². The summed E-state index contributed by atoms with van der Waals surface area (Å²) in [7, 11) is 0. The molecule has 0 radical (unpaired) electrons. The molecule has 6 nitrogen and oxygen atoms in total. The first-order chi connectivity index (χ1) is 8.49. The maximum absolute atomic E-state index is 11.4. The Morgan fingerprint density at radius 1 is 1.44 bits per heavy atom. The molecule has 0 fully saturated rings. The van der Waals surface area contributed by atoms with E-state index < -0.39 is 4.92 Å². The highest BCUT2D eigenvalue weighted by atomic mass is 16.6. The molecule has 0 atom stereocenters. The first-order valence-electron chi connectivity index (χ1n) is 5.76. The van der Waals surface area contributed by atoms with Gasteiger partial charge in [0.15, 0.2) is 0 Å². The van der Waals surface area contributed by atoms with Gasteiger partial charge in [0.05, 0.1) is 4.92 Å². The number of nitrogens with one attached hydrogen (secondary N) is 2. The van der Waals surface area contributed by atoms with Crippen LogP contribution >= 0.6 is 0 Å². The first-order valence-corrected chi connectivity index (χ1v) is 5.76. The molecule has 18 heavy (non-hydrogen) atoms. The monoisotopic (exact) mass is 251 g/mol. The van der Waals surface area contributed by atoms with E-state index in [1.165, 1.54) is 12.1 Å². The van der Waals surface area contributed by atoms with Crippen LogP contribution in [0.1, 0.15) is 20.3 Å². The second kappa shape index (κ2) is 6.58. The molecule has 0 aliphatic rings. The summed E-state index contributed by atoms with van der Waals surface area (Å²) in [5.74, 6) is -0.0390. The number of benzene rings is 1. The van der Waals surface area contributed by atoms with Crippen molar-refractivity contribution >= 4 is 17.3 Å². The van der Waals surface area contributed by atoms with Gasteiger partial charge in [0.1, 0.15) is 0 Å². The minimum Gasteiger partial charge on any atom is -0.384 e. The Hall–Kier alpha value is -2.11. The van der Waals surface area contributed by atoms with E-state index in [0.717, 1.165) is 0 Å². The predicted octanol–water partition coefficient (Wildman–Crippen LogP) is 1.92. The first kappa shape index (κ1) is 14.0. The van der Waals surface area contributed by atoms with Crippen LogP contribution in [0, 0.1) is 10.1 Å². The number of nitro groups is 1. The Balaban J connectivity index is 2.42. The number of carbonyl (C=O) groups is 1. The number of carbonyl (C=O) groups excluding carboxylic acids is 1. The van der Waals surface area contributed by atoms with Gasteiger partial charge in [-0.3, -0.25) is 14.9 Å². The third-order valence-electron chi connectivity index (χ3n) is 2.19. The number of amides is 1. The average molecular weight is 251 g/mol. The van der Waals surface area contributed by atoms with Crippen LogP contribution in [0.25, 0.3) is 0 Å². The van der Waals surface area contributed by atoms with Crippen LogP contribution in [0.4, 0.5) is 11.4 Å². The van der Waals surface area contributed by atoms with Crippen molar-refractivity contribution in [2.24, 2.45) is 0 Å². The van der Waals surface area contributed by atoms with Gasteiger partial charge >= 0.3 is 0 Å². The fourth-order valence-electron chi connectivity index (χ4n) is 1.44. The van der Waals surface area contributed by atoms with Crippen LogP contribution in [0.15, 0.2) is 24.3 Å². The number of anilines is 1. The van der Waals surface area contributed by atoms with Gasteiger partial charge in [-0.05, 0) is 19.9 Å². The van der Waals surface area contributed by atoms with Gasteiger partial charge in [-0.1, -0.05) is 6.07 Å². The summed E-state index contributed by atoms with van der Waals surface area (Å²) < 4.78 is 0. The van der Waals surface area contributed by atoms with E-state index in [0.29, 0.717) is 18.7 Å². The largest absolute Gasteiger partial charge is 0.384 e. The molecular weight excluding hydrogens is 234 g/mol. The molecule has 6 heteroatoms. The molecule has 0 aliphatic carbocycles. The average Bonchev–Trinajstić information content (AvgIpc) is 2.28. The van der Waals surface area contributed by atoms with Crippen molar-refractivity contribution in [1.82, 2.24) is 5.32 Å². The zero-order valence-corrected chi connectivity index (χ0v) is 10.5. The van der Waals surface area contributed by atoms with Gasteiger partial charge in [-0.25, -0.2) is 0 Å².